The number of aromatic nitrogens is 2. The van der Waals surface area contributed by atoms with Crippen molar-refractivity contribution in [1.82, 2.24) is 10.1 Å². The molecule has 7 heteroatoms. The zero-order valence-corrected chi connectivity index (χ0v) is 14.7. The molecule has 1 unspecified atom stereocenters. The second-order valence-electron chi connectivity index (χ2n) is 6.26. The van der Waals surface area contributed by atoms with Crippen LogP contribution in [0.3, 0.4) is 0 Å². The van der Waals surface area contributed by atoms with Crippen LogP contribution in [0.5, 0.6) is 0 Å². The van der Waals surface area contributed by atoms with Crippen LogP contribution >= 0.6 is 11.6 Å². The first-order valence-corrected chi connectivity index (χ1v) is 8.56. The van der Waals surface area contributed by atoms with Crippen LogP contribution in [0, 0.1) is 12.7 Å². The molecule has 26 heavy (non-hydrogen) atoms. The van der Waals surface area contributed by atoms with E-state index < -0.39 is 0 Å². The van der Waals surface area contributed by atoms with Gasteiger partial charge >= 0.3 is 0 Å². The lowest BCUT2D eigenvalue weighted by Gasteiger charge is -2.19. The highest BCUT2D eigenvalue weighted by Crippen LogP contribution is 2.35. The Kier molecular flexibility index (Phi) is 4.20. The van der Waals surface area contributed by atoms with E-state index in [2.05, 4.69) is 10.1 Å². The lowest BCUT2D eigenvalue weighted by molar-refractivity contribution is -0.117. The average Bonchev–Trinajstić information content (AvgIpc) is 3.24. The van der Waals surface area contributed by atoms with Gasteiger partial charge in [-0.05, 0) is 36.8 Å². The highest BCUT2D eigenvalue weighted by atomic mass is 35.5. The molecule has 4 rings (SSSR count). The first-order chi connectivity index (χ1) is 12.5. The van der Waals surface area contributed by atoms with Gasteiger partial charge in [0.05, 0.1) is 5.92 Å². The topological polar surface area (TPSA) is 59.2 Å². The Labute approximate surface area is 154 Å². The molecule has 0 aliphatic carbocycles. The molecule has 1 saturated heterocycles. The SMILES string of the molecule is Cc1c(Cl)cccc1N1CC(c2nc(-c3cccc(F)c3)no2)CC1=O. The van der Waals surface area contributed by atoms with Crippen LogP contribution in [0.2, 0.25) is 5.02 Å². The summed E-state index contributed by atoms with van der Waals surface area (Å²) in [7, 11) is 0. The van der Waals surface area contributed by atoms with Crippen LogP contribution in [0.15, 0.2) is 47.0 Å². The van der Waals surface area contributed by atoms with Gasteiger partial charge in [-0.2, -0.15) is 4.98 Å². The van der Waals surface area contributed by atoms with Gasteiger partial charge in [0, 0.05) is 29.2 Å². The van der Waals surface area contributed by atoms with E-state index in [0.717, 1.165) is 11.3 Å². The van der Waals surface area contributed by atoms with Crippen molar-refractivity contribution in [3.63, 3.8) is 0 Å². The molecular weight excluding hydrogens is 357 g/mol. The average molecular weight is 372 g/mol. The third-order valence-corrected chi connectivity index (χ3v) is 4.94. The molecule has 3 aromatic rings. The molecule has 132 valence electrons. The van der Waals surface area contributed by atoms with Crippen molar-refractivity contribution in [2.75, 3.05) is 11.4 Å². The van der Waals surface area contributed by atoms with E-state index in [-0.39, 0.29) is 24.1 Å². The summed E-state index contributed by atoms with van der Waals surface area (Å²) in [5, 5.41) is 4.54. The molecule has 0 bridgehead atoms. The van der Waals surface area contributed by atoms with Gasteiger partial charge in [0.25, 0.3) is 0 Å². The first-order valence-electron chi connectivity index (χ1n) is 8.18. The number of anilines is 1. The van der Waals surface area contributed by atoms with Crippen molar-refractivity contribution in [2.24, 2.45) is 0 Å². The molecule has 5 nitrogen and oxygen atoms in total. The van der Waals surface area contributed by atoms with Gasteiger partial charge < -0.3 is 9.42 Å². The standard InChI is InChI=1S/C19H15ClFN3O2/c1-11-15(20)6-3-7-16(11)24-10-13(9-17(24)25)19-22-18(23-26-19)12-4-2-5-14(21)8-12/h2-8,13H,9-10H2,1H3. The smallest absolute Gasteiger partial charge is 0.232 e. The maximum Gasteiger partial charge on any atom is 0.232 e. The number of rotatable bonds is 3. The number of carbonyl (C=O) groups is 1. The summed E-state index contributed by atoms with van der Waals surface area (Å²) in [6.45, 7) is 2.32. The van der Waals surface area contributed by atoms with Crippen molar-refractivity contribution >= 4 is 23.2 Å². The number of hydrogen-bond acceptors (Lipinski definition) is 4. The monoisotopic (exact) mass is 371 g/mol. The van der Waals surface area contributed by atoms with E-state index in [1.165, 1.54) is 12.1 Å². The van der Waals surface area contributed by atoms with E-state index in [1.807, 2.05) is 19.1 Å². The molecule has 0 saturated carbocycles. The molecule has 2 heterocycles. The number of carbonyl (C=O) groups excluding carboxylic acids is 1. The summed E-state index contributed by atoms with van der Waals surface area (Å²) in [5.74, 6) is 0.0817. The predicted octanol–water partition coefficient (Wildman–Crippen LogP) is 4.36. The second-order valence-corrected chi connectivity index (χ2v) is 6.66. The molecule has 1 fully saturated rings. The van der Waals surface area contributed by atoms with Crippen LogP contribution in [0.1, 0.15) is 23.8 Å². The Balaban J connectivity index is 1.59. The maximum absolute atomic E-state index is 13.4. The minimum Gasteiger partial charge on any atom is -0.339 e. The zero-order chi connectivity index (χ0) is 18.3. The fourth-order valence-corrected chi connectivity index (χ4v) is 3.31. The van der Waals surface area contributed by atoms with Crippen molar-refractivity contribution in [2.45, 2.75) is 19.3 Å². The molecule has 1 aliphatic rings. The lowest BCUT2D eigenvalue weighted by atomic mass is 10.1. The summed E-state index contributed by atoms with van der Waals surface area (Å²) >= 11 is 6.17. The summed E-state index contributed by atoms with van der Waals surface area (Å²) in [6.07, 6.45) is 0.275. The number of nitrogens with zero attached hydrogens (tertiary/aromatic N) is 3. The Morgan fingerprint density at radius 2 is 2.08 bits per heavy atom. The molecule has 1 aromatic heterocycles. The van der Waals surface area contributed by atoms with Gasteiger partial charge in [-0.1, -0.05) is 35.0 Å². The fourth-order valence-electron chi connectivity index (χ4n) is 3.14. The van der Waals surface area contributed by atoms with Crippen molar-refractivity contribution in [1.29, 1.82) is 0 Å². The minimum atomic E-state index is -0.368. The largest absolute Gasteiger partial charge is 0.339 e. The Morgan fingerprint density at radius 3 is 2.88 bits per heavy atom. The van der Waals surface area contributed by atoms with Gasteiger partial charge in [-0.15, -0.1) is 0 Å². The highest BCUT2D eigenvalue weighted by Gasteiger charge is 2.36. The molecule has 0 radical (unpaired) electrons. The molecule has 0 spiro atoms. The number of amides is 1. The molecule has 2 aromatic carbocycles. The third-order valence-electron chi connectivity index (χ3n) is 4.53. The Hall–Kier alpha value is -2.73. The number of hydrogen-bond donors (Lipinski definition) is 0. The Morgan fingerprint density at radius 1 is 1.27 bits per heavy atom. The number of halogens is 2. The number of benzene rings is 2. The third kappa shape index (κ3) is 2.97. The van der Waals surface area contributed by atoms with Gasteiger partial charge in [-0.25, -0.2) is 4.39 Å². The molecular formula is C19H15ClFN3O2. The molecule has 0 N–H and O–H groups in total. The molecule has 1 aliphatic heterocycles. The van der Waals surface area contributed by atoms with Crippen molar-refractivity contribution in [3.05, 3.63) is 64.8 Å². The van der Waals surface area contributed by atoms with E-state index >= 15 is 0 Å². The quantitative estimate of drug-likeness (QED) is 0.686. The normalized spacial score (nSPS) is 17.1. The Bertz CT molecular complexity index is 988. The van der Waals surface area contributed by atoms with Crippen LogP contribution < -0.4 is 4.90 Å². The van der Waals surface area contributed by atoms with E-state index in [9.17, 15) is 9.18 Å². The van der Waals surface area contributed by atoms with Gasteiger partial charge in [0.1, 0.15) is 5.82 Å². The fraction of sp³-hybridized carbons (Fsp3) is 0.211. The highest BCUT2D eigenvalue weighted by molar-refractivity contribution is 6.31. The van der Waals surface area contributed by atoms with Crippen LogP contribution in [-0.4, -0.2) is 22.6 Å². The van der Waals surface area contributed by atoms with Crippen LogP contribution in [0.4, 0.5) is 10.1 Å². The van der Waals surface area contributed by atoms with Crippen LogP contribution in [-0.2, 0) is 4.79 Å². The zero-order valence-electron chi connectivity index (χ0n) is 13.9. The molecule has 1 amide bonds. The van der Waals surface area contributed by atoms with E-state index in [1.54, 1.807) is 23.1 Å². The van der Waals surface area contributed by atoms with Crippen LogP contribution in [0.25, 0.3) is 11.4 Å². The second kappa shape index (κ2) is 6.53. The van der Waals surface area contributed by atoms with E-state index in [0.29, 0.717) is 28.8 Å². The first kappa shape index (κ1) is 16.7. The predicted molar refractivity (Wildman–Crippen MR) is 95.6 cm³/mol. The minimum absolute atomic E-state index is 0.0223. The van der Waals surface area contributed by atoms with Gasteiger partial charge in [0.15, 0.2) is 0 Å². The molecule has 1 atom stereocenters. The van der Waals surface area contributed by atoms with E-state index in [4.69, 9.17) is 16.1 Å². The summed E-state index contributed by atoms with van der Waals surface area (Å²) in [4.78, 5) is 18.5. The van der Waals surface area contributed by atoms with Crippen molar-refractivity contribution < 1.29 is 13.7 Å². The summed E-state index contributed by atoms with van der Waals surface area (Å²) < 4.78 is 18.7. The summed E-state index contributed by atoms with van der Waals surface area (Å²) in [5.41, 5.74) is 2.18. The van der Waals surface area contributed by atoms with Crippen molar-refractivity contribution in [3.8, 4) is 11.4 Å². The lowest BCUT2D eigenvalue weighted by Crippen LogP contribution is -2.25. The van der Waals surface area contributed by atoms with Gasteiger partial charge in [0.2, 0.25) is 17.6 Å². The summed E-state index contributed by atoms with van der Waals surface area (Å²) in [6, 6.07) is 11.5. The maximum atomic E-state index is 13.4. The van der Waals surface area contributed by atoms with Gasteiger partial charge in [-0.3, -0.25) is 4.79 Å².